The van der Waals surface area contributed by atoms with Crippen molar-refractivity contribution in [2.75, 3.05) is 9.80 Å². The van der Waals surface area contributed by atoms with Gasteiger partial charge in [0.25, 0.3) is 0 Å². The molecule has 1 aromatic heterocycles. The Morgan fingerprint density at radius 3 is 2.15 bits per heavy atom. The third kappa shape index (κ3) is 4.53. The monoisotopic (exact) mass is 757 g/mol. The molecule has 3 nitrogen and oxygen atoms in total. The highest BCUT2D eigenvalue weighted by Crippen LogP contribution is 2.73. The fourth-order valence-electron chi connectivity index (χ4n) is 11.3. The van der Waals surface area contributed by atoms with Crippen molar-refractivity contribution in [3.63, 3.8) is 0 Å². The largest absolute Gasteiger partial charge is 0.333 e. The van der Waals surface area contributed by atoms with Crippen molar-refractivity contribution < 1.29 is 0 Å². The molecule has 4 atom stereocenters. The highest BCUT2D eigenvalue weighted by atomic mass is 15.3. The Morgan fingerprint density at radius 2 is 1.34 bits per heavy atom. The van der Waals surface area contributed by atoms with Crippen LogP contribution < -0.4 is 9.80 Å². The van der Waals surface area contributed by atoms with Crippen molar-refractivity contribution >= 4 is 50.3 Å². The van der Waals surface area contributed by atoms with Gasteiger partial charge in [0, 0.05) is 50.0 Å². The Kier molecular flexibility index (Phi) is 7.03. The summed E-state index contributed by atoms with van der Waals surface area (Å²) >= 11 is 0. The maximum atomic E-state index is 4.13. The highest BCUT2D eigenvalue weighted by Gasteiger charge is 2.74. The number of hydrogen-bond donors (Lipinski definition) is 0. The summed E-state index contributed by atoms with van der Waals surface area (Å²) < 4.78 is 2.29. The first kappa shape index (κ1) is 34.0. The zero-order chi connectivity index (χ0) is 39.5. The van der Waals surface area contributed by atoms with Crippen molar-refractivity contribution in [3.05, 3.63) is 236 Å². The van der Waals surface area contributed by atoms with Gasteiger partial charge in [-0.25, -0.2) is 0 Å². The summed E-state index contributed by atoms with van der Waals surface area (Å²) in [6, 6.07) is 53.7. The zero-order valence-corrected chi connectivity index (χ0v) is 33.1. The molecule has 1 saturated carbocycles. The molecule has 0 saturated heterocycles. The van der Waals surface area contributed by atoms with Crippen LogP contribution >= 0.6 is 0 Å². The van der Waals surface area contributed by atoms with E-state index in [-0.39, 0.29) is 22.4 Å². The summed E-state index contributed by atoms with van der Waals surface area (Å²) in [5, 5.41) is 2.44. The van der Waals surface area contributed by atoms with E-state index >= 15 is 0 Å². The molecule has 12 rings (SSSR count). The molecular weight excluding hydrogens is 715 g/mol. The molecule has 59 heavy (non-hydrogen) atoms. The topological polar surface area (TPSA) is 11.4 Å². The van der Waals surface area contributed by atoms with Crippen LogP contribution in [0.2, 0.25) is 0 Å². The number of allylic oxidation sites excluding steroid dienone is 8. The fraction of sp³-hybridized carbons (Fsp3) is 0.107. The number of anilines is 4. The molecular formula is C56H43N3. The average molecular weight is 758 g/mol. The molecule has 4 unspecified atom stereocenters. The van der Waals surface area contributed by atoms with E-state index in [0.29, 0.717) is 0 Å². The summed E-state index contributed by atoms with van der Waals surface area (Å²) in [7, 11) is 0. The Morgan fingerprint density at radius 1 is 0.644 bits per heavy atom. The molecule has 0 spiro atoms. The molecule has 282 valence electrons. The van der Waals surface area contributed by atoms with Gasteiger partial charge in [0.2, 0.25) is 0 Å². The van der Waals surface area contributed by atoms with Crippen LogP contribution in [0, 0.1) is 0 Å². The van der Waals surface area contributed by atoms with Crippen molar-refractivity contribution in [1.29, 1.82) is 0 Å². The third-order valence-corrected chi connectivity index (χ3v) is 13.9. The second-order valence-electron chi connectivity index (χ2n) is 16.9. The van der Waals surface area contributed by atoms with E-state index in [9.17, 15) is 0 Å². The number of hydrogen-bond acceptors (Lipinski definition) is 2. The first-order valence-electron chi connectivity index (χ1n) is 20.7. The Bertz CT molecular complexity index is 3100. The number of rotatable bonds is 7. The van der Waals surface area contributed by atoms with Gasteiger partial charge in [-0.05, 0) is 120 Å². The van der Waals surface area contributed by atoms with Gasteiger partial charge in [0.15, 0.2) is 0 Å². The number of benzene rings is 6. The molecule has 7 aromatic rings. The van der Waals surface area contributed by atoms with Gasteiger partial charge in [-0.15, -0.1) is 0 Å². The van der Waals surface area contributed by atoms with Gasteiger partial charge in [0.1, 0.15) is 0 Å². The average Bonchev–Trinajstić information content (AvgIpc) is 3.63. The second-order valence-corrected chi connectivity index (χ2v) is 16.9. The standard InChI is InChI=1S/C56H43N3/c1-4-16-42(5-2)57-49-23-14-12-21-45(49)46-33-38(25-28-50(46)57)39-26-29-51-48(34-39)54(3)35-40(27-30-53(54)58(51)43-17-8-6-9-18-43)41-31-32-56-37-55(56,36-41)47-22-13-15-24-52(47)59(56)44-19-10-7-11-20-44/h4-36,53H,1-2,37H2,3H3/b42-16+. The molecule has 3 aliphatic carbocycles. The first-order valence-corrected chi connectivity index (χ1v) is 20.7. The highest BCUT2D eigenvalue weighted by molar-refractivity contribution is 6.11. The van der Waals surface area contributed by atoms with Crippen LogP contribution in [0.5, 0.6) is 0 Å². The van der Waals surface area contributed by atoms with Crippen LogP contribution in [0.25, 0.3) is 38.6 Å². The third-order valence-electron chi connectivity index (χ3n) is 13.9. The molecule has 0 bridgehead atoms. The van der Waals surface area contributed by atoms with Crippen LogP contribution in [0.3, 0.4) is 0 Å². The van der Waals surface area contributed by atoms with Gasteiger partial charge in [-0.2, -0.15) is 0 Å². The number of nitrogens with zero attached hydrogens (tertiary/aromatic N) is 3. The Labute approximate surface area is 345 Å². The summed E-state index contributed by atoms with van der Waals surface area (Å²) in [5.41, 5.74) is 15.7. The normalized spacial score (nSPS) is 24.6. The molecule has 6 aromatic carbocycles. The van der Waals surface area contributed by atoms with Crippen LogP contribution in [-0.4, -0.2) is 16.1 Å². The van der Waals surface area contributed by atoms with E-state index in [4.69, 9.17) is 0 Å². The van der Waals surface area contributed by atoms with Crippen LogP contribution in [0.4, 0.5) is 22.7 Å². The lowest BCUT2D eigenvalue weighted by atomic mass is 9.72. The number of aromatic nitrogens is 1. The second kappa shape index (κ2) is 12.2. The van der Waals surface area contributed by atoms with Crippen LogP contribution in [0.1, 0.15) is 24.5 Å². The van der Waals surface area contributed by atoms with Crippen molar-refractivity contribution in [2.24, 2.45) is 0 Å². The lowest BCUT2D eigenvalue weighted by Gasteiger charge is -2.36. The van der Waals surface area contributed by atoms with E-state index in [1.54, 1.807) is 0 Å². The van der Waals surface area contributed by atoms with Gasteiger partial charge in [0.05, 0.1) is 22.6 Å². The smallest absolute Gasteiger partial charge is 0.0782 e. The number of fused-ring (bicyclic) bond motifs is 7. The van der Waals surface area contributed by atoms with Gasteiger partial charge in [-0.3, -0.25) is 0 Å². The van der Waals surface area contributed by atoms with E-state index in [2.05, 4.69) is 216 Å². The summed E-state index contributed by atoms with van der Waals surface area (Å²) in [6.45, 7) is 10.6. The molecule has 2 aliphatic heterocycles. The molecule has 0 N–H and O–H groups in total. The van der Waals surface area contributed by atoms with Crippen LogP contribution in [-0.2, 0) is 10.8 Å². The Hall–Kier alpha value is -7.10. The fourth-order valence-corrected chi connectivity index (χ4v) is 11.3. The van der Waals surface area contributed by atoms with Crippen molar-refractivity contribution in [1.82, 2.24) is 4.57 Å². The quantitative estimate of drug-likeness (QED) is 0.150. The lowest BCUT2D eigenvalue weighted by Crippen LogP contribution is -2.40. The minimum Gasteiger partial charge on any atom is -0.333 e. The maximum absolute atomic E-state index is 4.13. The van der Waals surface area contributed by atoms with Gasteiger partial charge < -0.3 is 14.4 Å². The predicted molar refractivity (Wildman–Crippen MR) is 248 cm³/mol. The van der Waals surface area contributed by atoms with Crippen molar-refractivity contribution in [2.45, 2.75) is 35.8 Å². The van der Waals surface area contributed by atoms with Gasteiger partial charge >= 0.3 is 0 Å². The Balaban J connectivity index is 0.985. The molecule has 0 radical (unpaired) electrons. The minimum atomic E-state index is -0.284. The summed E-state index contributed by atoms with van der Waals surface area (Å²) in [4.78, 5) is 5.13. The molecule has 1 fully saturated rings. The van der Waals surface area contributed by atoms with E-state index in [1.807, 2.05) is 18.2 Å². The van der Waals surface area contributed by atoms with E-state index in [1.165, 1.54) is 66.9 Å². The molecule has 0 amide bonds. The SMILES string of the molecule is C=C/C=C(\C=C)n1c2ccccc2c2cc(-c3ccc4c(c3)C3(C)C=C(C5=CC67CC6(C=C5)N(c5ccccc5)c5ccccc57)C=CC3N4c3ccccc3)ccc21. The minimum absolute atomic E-state index is 0.0531. The van der Waals surface area contributed by atoms with Crippen molar-refractivity contribution in [3.8, 4) is 11.1 Å². The summed E-state index contributed by atoms with van der Waals surface area (Å²) in [5.74, 6) is 0. The molecule has 3 heterocycles. The van der Waals surface area contributed by atoms with Crippen LogP contribution in [0.15, 0.2) is 225 Å². The predicted octanol–water partition coefficient (Wildman–Crippen LogP) is 13.7. The zero-order valence-electron chi connectivity index (χ0n) is 33.1. The number of para-hydroxylation sites is 4. The van der Waals surface area contributed by atoms with Gasteiger partial charge in [-0.1, -0.05) is 141 Å². The van der Waals surface area contributed by atoms with E-state index in [0.717, 1.165) is 23.2 Å². The maximum Gasteiger partial charge on any atom is 0.0782 e. The lowest BCUT2D eigenvalue weighted by molar-refractivity contribution is 0.547. The molecule has 5 aliphatic rings. The summed E-state index contributed by atoms with van der Waals surface area (Å²) in [6.07, 6.45) is 21.8. The first-order chi connectivity index (χ1) is 29.0. The molecule has 3 heteroatoms. The van der Waals surface area contributed by atoms with E-state index < -0.39 is 0 Å².